The van der Waals surface area contributed by atoms with Gasteiger partial charge in [0.2, 0.25) is 0 Å². The lowest BCUT2D eigenvalue weighted by Crippen LogP contribution is -2.02. The summed E-state index contributed by atoms with van der Waals surface area (Å²) in [6.45, 7) is 1.33. The van der Waals surface area contributed by atoms with Crippen molar-refractivity contribution in [3.63, 3.8) is 0 Å². The van der Waals surface area contributed by atoms with Crippen LogP contribution in [-0.2, 0) is 17.9 Å². The number of aromatic amines is 1. The maximum atomic E-state index is 5.26. The first-order valence-electron chi connectivity index (χ1n) is 5.11. The number of nitrogens with zero attached hydrogens (tertiary/aromatic N) is 1. The van der Waals surface area contributed by atoms with Crippen LogP contribution in [0.3, 0.4) is 0 Å². The standard InChI is InChI=1S/C12H14N2OS/c1-15-9-11-7-12(16)14(13-11)8-10-5-3-2-4-6-10/h2-7,13H,8-9H2,1H3. The van der Waals surface area contributed by atoms with Crippen LogP contribution < -0.4 is 0 Å². The van der Waals surface area contributed by atoms with Crippen molar-refractivity contribution in [1.82, 2.24) is 9.78 Å². The molecule has 0 unspecified atom stereocenters. The summed E-state index contributed by atoms with van der Waals surface area (Å²) in [5.74, 6) is 0. The van der Waals surface area contributed by atoms with Gasteiger partial charge in [-0.2, -0.15) is 0 Å². The molecule has 1 aromatic carbocycles. The van der Waals surface area contributed by atoms with E-state index in [-0.39, 0.29) is 0 Å². The van der Waals surface area contributed by atoms with Gasteiger partial charge in [0.1, 0.15) is 4.64 Å². The van der Waals surface area contributed by atoms with Gasteiger partial charge in [-0.15, -0.1) is 0 Å². The third-order valence-electron chi connectivity index (χ3n) is 2.33. The fraction of sp³-hybridized carbons (Fsp3) is 0.250. The van der Waals surface area contributed by atoms with E-state index in [1.165, 1.54) is 5.56 Å². The Bertz CT molecular complexity index is 501. The zero-order valence-corrected chi connectivity index (χ0v) is 9.96. The van der Waals surface area contributed by atoms with Crippen LogP contribution >= 0.6 is 12.2 Å². The Morgan fingerprint density at radius 1 is 1.31 bits per heavy atom. The molecule has 0 atom stereocenters. The van der Waals surface area contributed by atoms with Crippen molar-refractivity contribution >= 4 is 12.2 Å². The van der Waals surface area contributed by atoms with E-state index >= 15 is 0 Å². The summed E-state index contributed by atoms with van der Waals surface area (Å²) in [5, 5.41) is 3.22. The van der Waals surface area contributed by atoms with Gasteiger partial charge in [-0.05, 0) is 11.6 Å². The van der Waals surface area contributed by atoms with Crippen molar-refractivity contribution < 1.29 is 4.74 Å². The van der Waals surface area contributed by atoms with Crippen molar-refractivity contribution in [3.8, 4) is 0 Å². The van der Waals surface area contributed by atoms with Crippen LogP contribution in [0.1, 0.15) is 11.3 Å². The van der Waals surface area contributed by atoms with E-state index in [0.717, 1.165) is 16.9 Å². The highest BCUT2D eigenvalue weighted by Gasteiger charge is 2.00. The van der Waals surface area contributed by atoms with Crippen LogP contribution in [0.25, 0.3) is 0 Å². The summed E-state index contributed by atoms with van der Waals surface area (Å²) < 4.78 is 7.80. The molecule has 1 N–H and O–H groups in total. The number of nitrogens with one attached hydrogen (secondary N) is 1. The van der Waals surface area contributed by atoms with Gasteiger partial charge in [0.15, 0.2) is 0 Å². The zero-order valence-electron chi connectivity index (χ0n) is 9.14. The summed E-state index contributed by atoms with van der Waals surface area (Å²) in [7, 11) is 1.67. The minimum Gasteiger partial charge on any atom is -0.378 e. The minimum atomic E-state index is 0.561. The predicted molar refractivity (Wildman–Crippen MR) is 65.9 cm³/mol. The second-order valence-corrected chi connectivity index (χ2v) is 4.04. The molecule has 0 fully saturated rings. The molecular formula is C12H14N2OS. The highest BCUT2D eigenvalue weighted by Crippen LogP contribution is 2.05. The van der Waals surface area contributed by atoms with E-state index in [9.17, 15) is 0 Å². The van der Waals surface area contributed by atoms with Crippen LogP contribution in [-0.4, -0.2) is 16.9 Å². The van der Waals surface area contributed by atoms with E-state index in [1.54, 1.807) is 7.11 Å². The first-order valence-corrected chi connectivity index (χ1v) is 5.52. The number of aromatic nitrogens is 2. The van der Waals surface area contributed by atoms with E-state index in [0.29, 0.717) is 6.61 Å². The highest BCUT2D eigenvalue weighted by molar-refractivity contribution is 7.71. The van der Waals surface area contributed by atoms with Crippen LogP contribution in [0, 0.1) is 4.64 Å². The molecule has 1 heterocycles. The number of H-pyrrole nitrogens is 1. The van der Waals surface area contributed by atoms with Crippen molar-refractivity contribution in [2.75, 3.05) is 7.11 Å². The molecular weight excluding hydrogens is 220 g/mol. The Labute approximate surface area is 99.7 Å². The van der Waals surface area contributed by atoms with Gasteiger partial charge in [0, 0.05) is 7.11 Å². The lowest BCUT2D eigenvalue weighted by Gasteiger charge is -2.03. The van der Waals surface area contributed by atoms with Gasteiger partial charge in [-0.1, -0.05) is 42.5 Å². The maximum absolute atomic E-state index is 5.26. The van der Waals surface area contributed by atoms with E-state index in [1.807, 2.05) is 28.9 Å². The Balaban J connectivity index is 2.19. The van der Waals surface area contributed by atoms with Crippen molar-refractivity contribution in [2.45, 2.75) is 13.2 Å². The average Bonchev–Trinajstić information content (AvgIpc) is 2.61. The average molecular weight is 234 g/mol. The molecule has 0 amide bonds. The summed E-state index contributed by atoms with van der Waals surface area (Å²) >= 11 is 5.26. The summed E-state index contributed by atoms with van der Waals surface area (Å²) in [6, 6.07) is 12.2. The smallest absolute Gasteiger partial charge is 0.122 e. The fourth-order valence-corrected chi connectivity index (χ4v) is 1.85. The van der Waals surface area contributed by atoms with Gasteiger partial charge in [0.25, 0.3) is 0 Å². The number of benzene rings is 1. The molecule has 2 rings (SSSR count). The largest absolute Gasteiger partial charge is 0.378 e. The van der Waals surface area contributed by atoms with E-state index < -0.39 is 0 Å². The molecule has 0 bridgehead atoms. The monoisotopic (exact) mass is 234 g/mol. The Hall–Kier alpha value is -1.39. The Morgan fingerprint density at radius 3 is 2.75 bits per heavy atom. The van der Waals surface area contributed by atoms with Crippen LogP contribution in [0.5, 0.6) is 0 Å². The Morgan fingerprint density at radius 2 is 2.06 bits per heavy atom. The third kappa shape index (κ3) is 2.59. The minimum absolute atomic E-state index is 0.561. The molecule has 0 radical (unpaired) electrons. The first-order chi connectivity index (χ1) is 7.79. The molecule has 0 spiro atoms. The molecule has 16 heavy (non-hydrogen) atoms. The summed E-state index contributed by atoms with van der Waals surface area (Å²) in [6.07, 6.45) is 0. The van der Waals surface area contributed by atoms with Crippen LogP contribution in [0.2, 0.25) is 0 Å². The van der Waals surface area contributed by atoms with Crippen LogP contribution in [0.15, 0.2) is 36.4 Å². The molecule has 2 aromatic rings. The molecule has 3 nitrogen and oxygen atoms in total. The highest BCUT2D eigenvalue weighted by atomic mass is 32.1. The molecule has 0 aliphatic carbocycles. The molecule has 1 aromatic heterocycles. The quantitative estimate of drug-likeness (QED) is 0.824. The SMILES string of the molecule is COCc1cc(=S)n(Cc2ccccc2)[nH]1. The third-order valence-corrected chi connectivity index (χ3v) is 2.66. The molecule has 84 valence electrons. The molecule has 0 aliphatic rings. The van der Waals surface area contributed by atoms with Crippen molar-refractivity contribution in [1.29, 1.82) is 0 Å². The van der Waals surface area contributed by atoms with Crippen molar-refractivity contribution in [3.05, 3.63) is 52.3 Å². The number of ether oxygens (including phenoxy) is 1. The zero-order chi connectivity index (χ0) is 11.4. The molecule has 0 saturated heterocycles. The normalized spacial score (nSPS) is 10.6. The molecule has 0 saturated carbocycles. The van der Waals surface area contributed by atoms with Crippen LogP contribution in [0.4, 0.5) is 0 Å². The number of methoxy groups -OCH3 is 1. The fourth-order valence-electron chi connectivity index (χ4n) is 1.60. The molecule has 0 aliphatic heterocycles. The lowest BCUT2D eigenvalue weighted by molar-refractivity contribution is 0.181. The Kier molecular flexibility index (Phi) is 3.54. The lowest BCUT2D eigenvalue weighted by atomic mass is 10.2. The van der Waals surface area contributed by atoms with E-state index in [4.69, 9.17) is 17.0 Å². The van der Waals surface area contributed by atoms with Gasteiger partial charge < -0.3 is 4.74 Å². The maximum Gasteiger partial charge on any atom is 0.122 e. The number of hydrogen-bond donors (Lipinski definition) is 1. The summed E-state index contributed by atoms with van der Waals surface area (Å²) in [5.41, 5.74) is 2.23. The predicted octanol–water partition coefficient (Wildman–Crippen LogP) is 2.74. The van der Waals surface area contributed by atoms with Gasteiger partial charge in [0.05, 0.1) is 18.8 Å². The van der Waals surface area contributed by atoms with Crippen molar-refractivity contribution in [2.24, 2.45) is 0 Å². The molecule has 4 heteroatoms. The van der Waals surface area contributed by atoms with Gasteiger partial charge in [-0.3, -0.25) is 9.78 Å². The first kappa shape index (κ1) is 11.1. The second kappa shape index (κ2) is 5.09. The number of hydrogen-bond acceptors (Lipinski definition) is 2. The second-order valence-electron chi connectivity index (χ2n) is 3.62. The summed E-state index contributed by atoms with van der Waals surface area (Å²) in [4.78, 5) is 0. The van der Waals surface area contributed by atoms with E-state index in [2.05, 4.69) is 17.2 Å². The topological polar surface area (TPSA) is 29.9 Å². The number of rotatable bonds is 4. The van der Waals surface area contributed by atoms with Gasteiger partial charge in [-0.25, -0.2) is 0 Å². The van der Waals surface area contributed by atoms with Gasteiger partial charge >= 0.3 is 0 Å².